The fraction of sp³-hybridized carbons (Fsp3) is 0.611. The number of aliphatic hydroxyl groups excluding tert-OH is 1. The van der Waals surface area contributed by atoms with Gasteiger partial charge in [0, 0.05) is 0 Å². The molecule has 1 saturated carbocycles. The molecule has 2 aliphatic rings. The summed E-state index contributed by atoms with van der Waals surface area (Å²) >= 11 is 0. The molecule has 0 radical (unpaired) electrons. The molecular formula is C18H25N5O4. The maximum Gasteiger partial charge on any atom is 0.320 e. The Morgan fingerprint density at radius 2 is 2.04 bits per heavy atom. The monoisotopic (exact) mass is 375 g/mol. The average Bonchev–Trinajstić information content (AvgIpc) is 3.30. The first kappa shape index (κ1) is 18.1. The van der Waals surface area contributed by atoms with E-state index in [0.29, 0.717) is 17.0 Å². The number of aliphatic hydroxyl groups is 2. The number of nitrogens with zero attached hydrogens (tertiary/aromatic N) is 4. The smallest absolute Gasteiger partial charge is 0.320 e. The summed E-state index contributed by atoms with van der Waals surface area (Å²) in [5.41, 5.74) is 5.18. The lowest BCUT2D eigenvalue weighted by Crippen LogP contribution is -2.44. The van der Waals surface area contributed by atoms with Crippen LogP contribution in [0.25, 0.3) is 11.2 Å². The zero-order valence-electron chi connectivity index (χ0n) is 15.5. The highest BCUT2D eigenvalue weighted by Crippen LogP contribution is 2.41. The van der Waals surface area contributed by atoms with E-state index in [2.05, 4.69) is 21.5 Å². The summed E-state index contributed by atoms with van der Waals surface area (Å²) in [6.07, 6.45) is 2.87. The lowest BCUT2D eigenvalue weighted by atomic mass is 9.94. The molecular weight excluding hydrogens is 350 g/mol. The molecule has 1 aliphatic heterocycles. The Labute approximate surface area is 156 Å². The van der Waals surface area contributed by atoms with Crippen LogP contribution in [0.2, 0.25) is 0 Å². The molecule has 2 fully saturated rings. The first-order valence-corrected chi connectivity index (χ1v) is 9.23. The van der Waals surface area contributed by atoms with Crippen LogP contribution in [0.1, 0.15) is 44.7 Å². The number of nitrogen functional groups attached to an aromatic ring is 1. The number of hydrogen-bond acceptors (Lipinski definition) is 8. The van der Waals surface area contributed by atoms with Crippen molar-refractivity contribution in [1.29, 1.82) is 0 Å². The van der Waals surface area contributed by atoms with E-state index in [9.17, 15) is 10.2 Å². The fourth-order valence-corrected chi connectivity index (χ4v) is 3.97. The van der Waals surface area contributed by atoms with Crippen molar-refractivity contribution in [2.45, 2.75) is 69.7 Å². The normalized spacial score (nSPS) is 31.6. The van der Waals surface area contributed by atoms with Crippen LogP contribution in [-0.2, 0) is 4.74 Å². The molecule has 27 heavy (non-hydrogen) atoms. The van der Waals surface area contributed by atoms with Gasteiger partial charge in [-0.05, 0) is 39.5 Å². The molecule has 3 heterocycles. The predicted molar refractivity (Wildman–Crippen MR) is 98.1 cm³/mol. The molecule has 146 valence electrons. The van der Waals surface area contributed by atoms with Crippen LogP contribution in [0.3, 0.4) is 0 Å². The molecule has 0 spiro atoms. The van der Waals surface area contributed by atoms with Gasteiger partial charge in [-0.1, -0.05) is 12.7 Å². The Balaban J connectivity index is 1.81. The highest BCUT2D eigenvalue weighted by molar-refractivity contribution is 5.82. The van der Waals surface area contributed by atoms with Gasteiger partial charge in [0.2, 0.25) is 0 Å². The molecule has 4 N–H and O–H groups in total. The van der Waals surface area contributed by atoms with Crippen LogP contribution in [0, 0.1) is 6.92 Å². The van der Waals surface area contributed by atoms with Crippen molar-refractivity contribution < 1.29 is 19.7 Å². The van der Waals surface area contributed by atoms with Crippen LogP contribution < -0.4 is 10.5 Å². The molecule has 2 aromatic heterocycles. The summed E-state index contributed by atoms with van der Waals surface area (Å²) in [6.45, 7) is 7.10. The third-order valence-corrected chi connectivity index (χ3v) is 5.52. The number of hydrogen-bond donors (Lipinski definition) is 3. The molecule has 0 bridgehead atoms. The summed E-state index contributed by atoms with van der Waals surface area (Å²) in [6, 6.07) is 0.182. The molecule has 9 nitrogen and oxygen atoms in total. The largest absolute Gasteiger partial charge is 0.460 e. The molecule has 0 amide bonds. The first-order valence-electron chi connectivity index (χ1n) is 9.23. The Morgan fingerprint density at radius 1 is 1.33 bits per heavy atom. The van der Waals surface area contributed by atoms with Crippen molar-refractivity contribution >= 4 is 17.0 Å². The Bertz CT molecular complexity index is 878. The maximum atomic E-state index is 11.0. The molecule has 4 atom stereocenters. The van der Waals surface area contributed by atoms with Crippen molar-refractivity contribution in [3.05, 3.63) is 18.5 Å². The van der Waals surface area contributed by atoms with Crippen LogP contribution in [-0.4, -0.2) is 53.6 Å². The highest BCUT2D eigenvalue weighted by atomic mass is 16.6. The number of aryl methyl sites for hydroxylation is 1. The molecule has 2 aromatic rings. The quantitative estimate of drug-likeness (QED) is 0.681. The Kier molecular flexibility index (Phi) is 4.32. The van der Waals surface area contributed by atoms with Gasteiger partial charge in [0.05, 0.1) is 6.10 Å². The van der Waals surface area contributed by atoms with Gasteiger partial charge in [-0.15, -0.1) is 0 Å². The summed E-state index contributed by atoms with van der Waals surface area (Å²) in [4.78, 5) is 13.2. The van der Waals surface area contributed by atoms with Crippen molar-refractivity contribution in [2.75, 3.05) is 5.73 Å². The van der Waals surface area contributed by atoms with Crippen LogP contribution in [0.15, 0.2) is 12.7 Å². The number of nitrogens with two attached hydrogens (primary N) is 1. The van der Waals surface area contributed by atoms with Gasteiger partial charge >= 0.3 is 6.01 Å². The number of rotatable bonds is 4. The van der Waals surface area contributed by atoms with Crippen LogP contribution in [0.5, 0.6) is 6.01 Å². The van der Waals surface area contributed by atoms with E-state index in [1.807, 2.05) is 0 Å². The second kappa shape index (κ2) is 6.43. The third-order valence-electron chi connectivity index (χ3n) is 5.52. The number of ether oxygens (including phenoxy) is 2. The Morgan fingerprint density at radius 3 is 2.70 bits per heavy atom. The molecule has 1 aliphatic carbocycles. The van der Waals surface area contributed by atoms with Gasteiger partial charge < -0.3 is 25.4 Å². The van der Waals surface area contributed by atoms with E-state index in [1.165, 1.54) is 6.08 Å². The topological polar surface area (TPSA) is 129 Å². The second-order valence-electron chi connectivity index (χ2n) is 7.35. The second-order valence-corrected chi connectivity index (χ2v) is 7.35. The number of fused-ring (bicyclic) bond motifs is 1. The predicted octanol–water partition coefficient (Wildman–Crippen LogP) is 1.23. The number of imidazole rings is 1. The molecule has 0 unspecified atom stereocenters. The number of anilines is 1. The fourth-order valence-electron chi connectivity index (χ4n) is 3.97. The van der Waals surface area contributed by atoms with Gasteiger partial charge in [-0.2, -0.15) is 9.97 Å². The van der Waals surface area contributed by atoms with E-state index < -0.39 is 24.0 Å². The van der Waals surface area contributed by atoms with E-state index in [-0.39, 0.29) is 17.9 Å². The molecule has 1 saturated heterocycles. The zero-order valence-corrected chi connectivity index (χ0v) is 15.5. The van der Waals surface area contributed by atoms with E-state index in [0.717, 1.165) is 25.7 Å². The zero-order chi connectivity index (χ0) is 19.3. The third kappa shape index (κ3) is 2.77. The van der Waals surface area contributed by atoms with Crippen molar-refractivity contribution in [1.82, 2.24) is 19.5 Å². The van der Waals surface area contributed by atoms with Gasteiger partial charge in [0.1, 0.15) is 18.0 Å². The van der Waals surface area contributed by atoms with E-state index in [4.69, 9.17) is 15.2 Å². The average molecular weight is 375 g/mol. The van der Waals surface area contributed by atoms with Gasteiger partial charge in [-0.25, -0.2) is 4.98 Å². The summed E-state index contributed by atoms with van der Waals surface area (Å²) < 4.78 is 13.3. The maximum absolute atomic E-state index is 11.0. The van der Waals surface area contributed by atoms with Crippen molar-refractivity contribution in [3.63, 3.8) is 0 Å². The standard InChI is InChI=1S/C18H25N5O4/c1-4-18(25)13(24)9(2)26-16(18)23-10(3)20-12-14(19)21-17(22-15(12)23)27-11-7-5-6-8-11/h4,9,11,13,16,24-25H,1,5-8H2,2-3H3,(H2,19,21,22)/t9-,13-,16-,18+/m1/s1. The molecule has 0 aromatic carbocycles. The SMILES string of the molecule is C=C[C@]1(O)[C@H](O)[C@@H](C)O[C@H]1n1c(C)nc2c(N)nc(OC3CCCC3)nc21. The van der Waals surface area contributed by atoms with Crippen LogP contribution in [0.4, 0.5) is 5.82 Å². The van der Waals surface area contributed by atoms with E-state index in [1.54, 1.807) is 18.4 Å². The van der Waals surface area contributed by atoms with Gasteiger partial charge in [0.25, 0.3) is 0 Å². The Hall–Kier alpha value is -2.23. The highest BCUT2D eigenvalue weighted by Gasteiger charge is 2.53. The minimum atomic E-state index is -1.69. The summed E-state index contributed by atoms with van der Waals surface area (Å²) in [5.74, 6) is 0.721. The van der Waals surface area contributed by atoms with Gasteiger partial charge in [0.15, 0.2) is 28.8 Å². The number of aromatic nitrogens is 4. The van der Waals surface area contributed by atoms with Crippen molar-refractivity contribution in [3.8, 4) is 6.01 Å². The summed E-state index contributed by atoms with van der Waals surface area (Å²) in [7, 11) is 0. The lowest BCUT2D eigenvalue weighted by Gasteiger charge is -2.29. The first-order chi connectivity index (χ1) is 12.8. The minimum Gasteiger partial charge on any atom is -0.460 e. The lowest BCUT2D eigenvalue weighted by molar-refractivity contribution is -0.0743. The van der Waals surface area contributed by atoms with Crippen LogP contribution >= 0.6 is 0 Å². The summed E-state index contributed by atoms with van der Waals surface area (Å²) in [5, 5.41) is 21.4. The molecule has 4 rings (SSSR count). The van der Waals surface area contributed by atoms with Crippen molar-refractivity contribution in [2.24, 2.45) is 0 Å². The van der Waals surface area contributed by atoms with Gasteiger partial charge in [-0.3, -0.25) is 4.57 Å². The van der Waals surface area contributed by atoms with E-state index >= 15 is 0 Å². The minimum absolute atomic E-state index is 0.0778. The molecule has 9 heteroatoms.